The summed E-state index contributed by atoms with van der Waals surface area (Å²) in [5.41, 5.74) is 1.60. The molecule has 0 saturated carbocycles. The second-order valence-electron chi connectivity index (χ2n) is 4.77. The van der Waals surface area contributed by atoms with Gasteiger partial charge in [-0.3, -0.25) is 0 Å². The molecule has 0 aliphatic carbocycles. The minimum atomic E-state index is -0.378. The van der Waals surface area contributed by atoms with Gasteiger partial charge >= 0.3 is 0 Å². The molecule has 1 N–H and O–H groups in total. The zero-order valence-corrected chi connectivity index (χ0v) is 11.6. The molecular weight excluding hydrogens is 251 g/mol. The number of aromatic nitrogens is 2. The van der Waals surface area contributed by atoms with Crippen LogP contribution in [0.1, 0.15) is 20.3 Å². The van der Waals surface area contributed by atoms with Crippen molar-refractivity contribution in [1.82, 2.24) is 9.55 Å². The number of fused-ring (bicyclic) bond motifs is 1. The number of aromatic amines is 1. The lowest BCUT2D eigenvalue weighted by molar-refractivity contribution is 0.387. The molecule has 1 aromatic heterocycles. The molecule has 1 aromatic carbocycles. The Morgan fingerprint density at radius 3 is 2.78 bits per heavy atom. The third kappa shape index (κ3) is 2.41. The van der Waals surface area contributed by atoms with Gasteiger partial charge in [0.15, 0.2) is 16.3 Å². The maximum Gasteiger partial charge on any atom is 0.178 e. The number of H-pyrrole nitrogens is 1. The Morgan fingerprint density at radius 2 is 2.17 bits per heavy atom. The molecule has 2 aromatic rings. The quantitative estimate of drug-likeness (QED) is 0.852. The molecule has 0 unspecified atom stereocenters. The summed E-state index contributed by atoms with van der Waals surface area (Å²) < 4.78 is 21.2. The summed E-state index contributed by atoms with van der Waals surface area (Å²) in [7, 11) is 1.46. The fourth-order valence-electron chi connectivity index (χ4n) is 1.92. The number of rotatable bonds is 4. The van der Waals surface area contributed by atoms with E-state index in [1.54, 1.807) is 6.07 Å². The number of halogens is 1. The van der Waals surface area contributed by atoms with Crippen LogP contribution in [0, 0.1) is 16.5 Å². The molecule has 0 spiro atoms. The number of ether oxygens (including phenoxy) is 1. The minimum absolute atomic E-state index is 0.245. The van der Waals surface area contributed by atoms with Crippen LogP contribution in [0.15, 0.2) is 12.1 Å². The average molecular weight is 268 g/mol. The van der Waals surface area contributed by atoms with E-state index < -0.39 is 0 Å². The molecule has 0 aliphatic heterocycles. The van der Waals surface area contributed by atoms with Crippen molar-refractivity contribution in [2.45, 2.75) is 26.8 Å². The molecule has 0 bridgehead atoms. The third-order valence-electron chi connectivity index (χ3n) is 2.98. The van der Waals surface area contributed by atoms with Crippen molar-refractivity contribution in [3.63, 3.8) is 0 Å². The summed E-state index contributed by atoms with van der Waals surface area (Å²) >= 11 is 5.27. The number of methoxy groups -OCH3 is 1. The van der Waals surface area contributed by atoms with E-state index in [2.05, 4.69) is 18.8 Å². The Bertz CT molecular complexity index is 615. The van der Waals surface area contributed by atoms with E-state index in [1.165, 1.54) is 13.2 Å². The smallest absolute Gasteiger partial charge is 0.178 e. The zero-order valence-electron chi connectivity index (χ0n) is 10.8. The summed E-state index contributed by atoms with van der Waals surface area (Å²) in [4.78, 5) is 3.03. The van der Waals surface area contributed by atoms with Gasteiger partial charge in [-0.25, -0.2) is 4.39 Å². The summed E-state index contributed by atoms with van der Waals surface area (Å²) in [6.45, 7) is 5.16. The molecule has 3 nitrogen and oxygen atoms in total. The Morgan fingerprint density at radius 1 is 1.44 bits per heavy atom. The van der Waals surface area contributed by atoms with Crippen molar-refractivity contribution < 1.29 is 9.13 Å². The van der Waals surface area contributed by atoms with Crippen LogP contribution in [0.2, 0.25) is 0 Å². The fraction of sp³-hybridized carbons (Fsp3) is 0.462. The highest BCUT2D eigenvalue weighted by atomic mass is 32.1. The van der Waals surface area contributed by atoms with Gasteiger partial charge in [-0.2, -0.15) is 0 Å². The summed E-state index contributed by atoms with van der Waals surface area (Å²) in [6, 6.07) is 3.12. The van der Waals surface area contributed by atoms with Gasteiger partial charge in [-0.15, -0.1) is 0 Å². The van der Waals surface area contributed by atoms with Crippen molar-refractivity contribution in [1.29, 1.82) is 0 Å². The van der Waals surface area contributed by atoms with E-state index in [0.29, 0.717) is 16.2 Å². The first-order chi connectivity index (χ1) is 8.52. The Labute approximate surface area is 111 Å². The number of hydrogen-bond donors (Lipinski definition) is 1. The average Bonchev–Trinajstić information content (AvgIpc) is 2.60. The number of aryl methyl sites for hydroxylation is 1. The Balaban J connectivity index is 2.51. The lowest BCUT2D eigenvalue weighted by atomic mass is 10.1. The van der Waals surface area contributed by atoms with E-state index in [-0.39, 0.29) is 11.6 Å². The molecule has 0 fully saturated rings. The van der Waals surface area contributed by atoms with Gasteiger partial charge in [0.05, 0.1) is 18.1 Å². The van der Waals surface area contributed by atoms with E-state index in [4.69, 9.17) is 17.0 Å². The van der Waals surface area contributed by atoms with Crippen molar-refractivity contribution in [3.8, 4) is 5.75 Å². The van der Waals surface area contributed by atoms with Crippen molar-refractivity contribution in [3.05, 3.63) is 22.7 Å². The predicted octanol–water partition coefficient (Wildman–Crippen LogP) is 3.89. The molecule has 0 atom stereocenters. The molecule has 1 heterocycles. The SMILES string of the molecule is COc1cc2c(cc1F)[nH]c(=S)n2CCC(C)C. The maximum absolute atomic E-state index is 13.6. The summed E-state index contributed by atoms with van der Waals surface area (Å²) in [5.74, 6) is 0.464. The Hall–Kier alpha value is -1.36. The van der Waals surface area contributed by atoms with Crippen LogP contribution >= 0.6 is 12.2 Å². The number of imidazole rings is 1. The van der Waals surface area contributed by atoms with Crippen LogP contribution in [-0.2, 0) is 6.54 Å². The molecule has 98 valence electrons. The number of nitrogens with one attached hydrogen (secondary N) is 1. The normalized spacial score (nSPS) is 11.4. The van der Waals surface area contributed by atoms with Crippen LogP contribution in [0.5, 0.6) is 5.75 Å². The predicted molar refractivity (Wildman–Crippen MR) is 73.1 cm³/mol. The van der Waals surface area contributed by atoms with Gasteiger partial charge in [-0.1, -0.05) is 13.8 Å². The summed E-state index contributed by atoms with van der Waals surface area (Å²) in [5, 5.41) is 0. The lowest BCUT2D eigenvalue weighted by Gasteiger charge is -2.08. The van der Waals surface area contributed by atoms with Crippen LogP contribution in [0.25, 0.3) is 11.0 Å². The van der Waals surface area contributed by atoms with Gasteiger partial charge in [0.2, 0.25) is 0 Å². The number of nitrogens with zero attached hydrogens (tertiary/aromatic N) is 1. The molecule has 0 aliphatic rings. The molecule has 5 heteroatoms. The standard InChI is InChI=1S/C13H17FN2OS/c1-8(2)4-5-16-11-7-12(17-3)9(14)6-10(11)15-13(16)18/h6-8H,4-5H2,1-3H3,(H,15,18). The topological polar surface area (TPSA) is 29.9 Å². The molecule has 0 saturated heterocycles. The van der Waals surface area contributed by atoms with Crippen LogP contribution in [-0.4, -0.2) is 16.7 Å². The molecule has 0 radical (unpaired) electrons. The van der Waals surface area contributed by atoms with Gasteiger partial charge < -0.3 is 14.3 Å². The molecular formula is C13H17FN2OS. The van der Waals surface area contributed by atoms with Crippen LogP contribution in [0.4, 0.5) is 4.39 Å². The van der Waals surface area contributed by atoms with Gasteiger partial charge in [0.1, 0.15) is 0 Å². The fourth-order valence-corrected chi connectivity index (χ4v) is 2.22. The number of benzene rings is 1. The second kappa shape index (κ2) is 5.10. The highest BCUT2D eigenvalue weighted by Gasteiger charge is 2.10. The molecule has 18 heavy (non-hydrogen) atoms. The van der Waals surface area contributed by atoms with E-state index in [1.807, 2.05) is 4.57 Å². The largest absolute Gasteiger partial charge is 0.494 e. The van der Waals surface area contributed by atoms with E-state index >= 15 is 0 Å². The second-order valence-corrected chi connectivity index (χ2v) is 5.15. The summed E-state index contributed by atoms with van der Waals surface area (Å²) in [6.07, 6.45) is 1.03. The highest BCUT2D eigenvalue weighted by molar-refractivity contribution is 7.71. The zero-order chi connectivity index (χ0) is 13.3. The van der Waals surface area contributed by atoms with Gasteiger partial charge in [-0.05, 0) is 24.6 Å². The highest BCUT2D eigenvalue weighted by Crippen LogP contribution is 2.25. The van der Waals surface area contributed by atoms with Gasteiger partial charge in [0.25, 0.3) is 0 Å². The number of hydrogen-bond acceptors (Lipinski definition) is 2. The first kappa shape index (κ1) is 13.1. The van der Waals surface area contributed by atoms with Gasteiger partial charge in [0, 0.05) is 18.7 Å². The molecule has 0 amide bonds. The third-order valence-corrected chi connectivity index (χ3v) is 3.30. The monoisotopic (exact) mass is 268 g/mol. The maximum atomic E-state index is 13.6. The van der Waals surface area contributed by atoms with Crippen molar-refractivity contribution in [2.75, 3.05) is 7.11 Å². The van der Waals surface area contributed by atoms with E-state index in [9.17, 15) is 4.39 Å². The van der Waals surface area contributed by atoms with Crippen LogP contribution < -0.4 is 4.74 Å². The lowest BCUT2D eigenvalue weighted by Crippen LogP contribution is -2.01. The van der Waals surface area contributed by atoms with Crippen LogP contribution in [0.3, 0.4) is 0 Å². The van der Waals surface area contributed by atoms with Crippen molar-refractivity contribution >= 4 is 23.3 Å². The molecule has 2 rings (SSSR count). The van der Waals surface area contributed by atoms with E-state index in [0.717, 1.165) is 18.5 Å². The first-order valence-corrected chi connectivity index (χ1v) is 6.39. The first-order valence-electron chi connectivity index (χ1n) is 5.99. The minimum Gasteiger partial charge on any atom is -0.494 e. The van der Waals surface area contributed by atoms with Crippen molar-refractivity contribution in [2.24, 2.45) is 5.92 Å². The Kier molecular flexibility index (Phi) is 3.71.